The van der Waals surface area contributed by atoms with Gasteiger partial charge >= 0.3 is 0 Å². The first-order chi connectivity index (χ1) is 13.9. The lowest BCUT2D eigenvalue weighted by Gasteiger charge is -2.38. The highest BCUT2D eigenvalue weighted by molar-refractivity contribution is 7.91. The molecule has 2 aliphatic rings. The lowest BCUT2D eigenvalue weighted by Crippen LogP contribution is -2.50. The summed E-state index contributed by atoms with van der Waals surface area (Å²) < 4.78 is 37.6. The van der Waals surface area contributed by atoms with E-state index in [9.17, 15) is 18.4 Å². The summed E-state index contributed by atoms with van der Waals surface area (Å²) in [5.74, 6) is 0.0284. The Labute approximate surface area is 168 Å². The number of sulfone groups is 1. The standard InChI is InChI=1S/C20H22N2O6S/c23-19(22-24)20(11-16-1-2-17(12-20)28-16)13-29(25,26)18-5-3-14(4-6-18)27-15-7-9-21-10-8-15/h3-10,16-17,24H,1-2,11-13H2,(H,22,23)/t16-,17+,20+. The van der Waals surface area contributed by atoms with E-state index < -0.39 is 21.2 Å². The number of hydrogen-bond donors (Lipinski definition) is 2. The number of amides is 1. The molecule has 2 saturated heterocycles. The molecule has 154 valence electrons. The van der Waals surface area contributed by atoms with Crippen molar-refractivity contribution in [3.05, 3.63) is 48.8 Å². The number of nitrogens with one attached hydrogen (secondary N) is 1. The number of aromatic nitrogens is 1. The molecule has 0 radical (unpaired) electrons. The molecule has 2 N–H and O–H groups in total. The molecule has 3 atom stereocenters. The maximum absolute atomic E-state index is 13.1. The second-order valence-corrected chi connectivity index (χ2v) is 9.59. The van der Waals surface area contributed by atoms with Gasteiger partial charge in [-0.15, -0.1) is 0 Å². The summed E-state index contributed by atoms with van der Waals surface area (Å²) in [6, 6.07) is 9.46. The summed E-state index contributed by atoms with van der Waals surface area (Å²) in [5.41, 5.74) is 0.466. The van der Waals surface area contributed by atoms with Crippen LogP contribution in [0.25, 0.3) is 0 Å². The van der Waals surface area contributed by atoms with Crippen molar-refractivity contribution in [3.63, 3.8) is 0 Å². The molecule has 3 heterocycles. The van der Waals surface area contributed by atoms with Crippen LogP contribution in [0.1, 0.15) is 25.7 Å². The fraction of sp³-hybridized carbons (Fsp3) is 0.400. The Morgan fingerprint density at radius 3 is 2.28 bits per heavy atom. The van der Waals surface area contributed by atoms with Crippen LogP contribution >= 0.6 is 0 Å². The Morgan fingerprint density at radius 2 is 1.69 bits per heavy atom. The first-order valence-electron chi connectivity index (χ1n) is 9.41. The zero-order valence-corrected chi connectivity index (χ0v) is 16.5. The zero-order chi connectivity index (χ0) is 20.5. The van der Waals surface area contributed by atoms with Gasteiger partial charge in [0.1, 0.15) is 11.5 Å². The first kappa shape index (κ1) is 19.8. The van der Waals surface area contributed by atoms with Crippen LogP contribution in [0.2, 0.25) is 0 Å². The molecular weight excluding hydrogens is 396 g/mol. The molecule has 2 aromatic rings. The molecule has 0 aliphatic carbocycles. The molecule has 29 heavy (non-hydrogen) atoms. The molecule has 1 amide bonds. The number of hydroxylamine groups is 1. The molecule has 9 heteroatoms. The van der Waals surface area contributed by atoms with Gasteiger partial charge in [0.05, 0.1) is 28.3 Å². The van der Waals surface area contributed by atoms with Crippen LogP contribution in [0.4, 0.5) is 0 Å². The quantitative estimate of drug-likeness (QED) is 0.547. The van der Waals surface area contributed by atoms with Crippen molar-refractivity contribution in [2.75, 3.05) is 5.75 Å². The normalized spacial score (nSPS) is 26.1. The molecule has 0 unspecified atom stereocenters. The van der Waals surface area contributed by atoms with Gasteiger partial charge in [0.25, 0.3) is 5.91 Å². The van der Waals surface area contributed by atoms with E-state index in [4.69, 9.17) is 9.47 Å². The van der Waals surface area contributed by atoms with Crippen molar-refractivity contribution >= 4 is 15.7 Å². The summed E-state index contributed by atoms with van der Waals surface area (Å²) >= 11 is 0. The molecule has 2 bridgehead atoms. The van der Waals surface area contributed by atoms with E-state index in [2.05, 4.69) is 4.98 Å². The molecule has 0 spiro atoms. The predicted octanol–water partition coefficient (Wildman–Crippen LogP) is 2.48. The SMILES string of the molecule is O=C(NO)[C@@]1(CS(=O)(=O)c2ccc(Oc3ccncc3)cc2)C[C@H]2CC[C@@H](C1)O2. The van der Waals surface area contributed by atoms with Crippen molar-refractivity contribution in [1.82, 2.24) is 10.5 Å². The number of hydrogen-bond acceptors (Lipinski definition) is 7. The molecule has 4 rings (SSSR count). The maximum Gasteiger partial charge on any atom is 0.250 e. The van der Waals surface area contributed by atoms with Crippen molar-refractivity contribution in [1.29, 1.82) is 0 Å². The average molecular weight is 418 g/mol. The fourth-order valence-electron chi connectivity index (χ4n) is 4.23. The molecule has 2 aliphatic heterocycles. The smallest absolute Gasteiger partial charge is 0.250 e. The number of benzene rings is 1. The van der Waals surface area contributed by atoms with Gasteiger partial charge in [-0.1, -0.05) is 0 Å². The van der Waals surface area contributed by atoms with E-state index in [1.165, 1.54) is 12.1 Å². The van der Waals surface area contributed by atoms with E-state index in [0.717, 1.165) is 12.8 Å². The molecule has 1 aromatic carbocycles. The molecule has 2 fully saturated rings. The topological polar surface area (TPSA) is 115 Å². The van der Waals surface area contributed by atoms with Crippen LogP contribution in [0.5, 0.6) is 11.5 Å². The largest absolute Gasteiger partial charge is 0.457 e. The number of carbonyl (C=O) groups is 1. The number of fused-ring (bicyclic) bond motifs is 2. The molecule has 0 saturated carbocycles. The van der Waals surface area contributed by atoms with Crippen molar-refractivity contribution in [3.8, 4) is 11.5 Å². The Hall–Kier alpha value is -2.49. The number of rotatable bonds is 6. The van der Waals surface area contributed by atoms with E-state index in [1.807, 2.05) is 0 Å². The van der Waals surface area contributed by atoms with Crippen LogP contribution in [-0.4, -0.2) is 42.5 Å². The maximum atomic E-state index is 13.1. The highest BCUT2D eigenvalue weighted by Gasteiger charge is 2.51. The van der Waals surface area contributed by atoms with Crippen LogP contribution in [-0.2, 0) is 19.4 Å². The van der Waals surface area contributed by atoms with E-state index in [-0.39, 0.29) is 35.7 Å². The van der Waals surface area contributed by atoms with Crippen LogP contribution < -0.4 is 10.2 Å². The minimum absolute atomic E-state index is 0.100. The summed E-state index contributed by atoms with van der Waals surface area (Å²) in [6.07, 6.45) is 5.03. The lowest BCUT2D eigenvalue weighted by molar-refractivity contribution is -0.148. The summed E-state index contributed by atoms with van der Waals surface area (Å²) in [4.78, 5) is 16.5. The Balaban J connectivity index is 1.55. The average Bonchev–Trinajstić information content (AvgIpc) is 3.07. The van der Waals surface area contributed by atoms with E-state index >= 15 is 0 Å². The predicted molar refractivity (Wildman–Crippen MR) is 102 cm³/mol. The minimum atomic E-state index is -3.78. The Bertz CT molecular complexity index is 966. The number of pyridine rings is 1. The summed E-state index contributed by atoms with van der Waals surface area (Å²) in [7, 11) is -3.78. The van der Waals surface area contributed by atoms with E-state index in [1.54, 1.807) is 42.1 Å². The Morgan fingerprint density at radius 1 is 1.10 bits per heavy atom. The van der Waals surface area contributed by atoms with Crippen LogP contribution in [0.3, 0.4) is 0 Å². The van der Waals surface area contributed by atoms with Gasteiger partial charge < -0.3 is 9.47 Å². The van der Waals surface area contributed by atoms with Gasteiger partial charge in [0, 0.05) is 12.4 Å². The highest BCUT2D eigenvalue weighted by Crippen LogP contribution is 2.45. The molecule has 8 nitrogen and oxygen atoms in total. The number of ether oxygens (including phenoxy) is 2. The van der Waals surface area contributed by atoms with Crippen LogP contribution in [0, 0.1) is 5.41 Å². The molecule has 1 aromatic heterocycles. The van der Waals surface area contributed by atoms with Crippen molar-refractivity contribution in [2.24, 2.45) is 5.41 Å². The third-order valence-corrected chi connectivity index (χ3v) is 7.47. The second kappa shape index (κ2) is 7.74. The summed E-state index contributed by atoms with van der Waals surface area (Å²) in [6.45, 7) is 0. The monoisotopic (exact) mass is 418 g/mol. The van der Waals surface area contributed by atoms with Gasteiger partial charge in [-0.3, -0.25) is 15.0 Å². The zero-order valence-electron chi connectivity index (χ0n) is 15.7. The second-order valence-electron chi connectivity index (χ2n) is 7.60. The highest BCUT2D eigenvalue weighted by atomic mass is 32.2. The third-order valence-electron chi connectivity index (χ3n) is 5.55. The van der Waals surface area contributed by atoms with Crippen molar-refractivity contribution < 1.29 is 27.9 Å². The minimum Gasteiger partial charge on any atom is -0.457 e. The first-order valence-corrected chi connectivity index (χ1v) is 11.1. The lowest BCUT2D eigenvalue weighted by atomic mass is 9.78. The van der Waals surface area contributed by atoms with Gasteiger partial charge in [-0.2, -0.15) is 0 Å². The van der Waals surface area contributed by atoms with Gasteiger partial charge in [0.2, 0.25) is 0 Å². The number of carbonyl (C=O) groups excluding carboxylic acids is 1. The van der Waals surface area contributed by atoms with E-state index in [0.29, 0.717) is 11.5 Å². The third kappa shape index (κ3) is 4.12. The number of nitrogens with zero attached hydrogens (tertiary/aromatic N) is 1. The van der Waals surface area contributed by atoms with Crippen molar-refractivity contribution in [2.45, 2.75) is 42.8 Å². The molecular formula is C20H22N2O6S. The summed E-state index contributed by atoms with van der Waals surface area (Å²) in [5, 5.41) is 9.23. The Kier molecular flexibility index (Phi) is 5.28. The van der Waals surface area contributed by atoms with Gasteiger partial charge in [-0.05, 0) is 62.1 Å². The van der Waals surface area contributed by atoms with Gasteiger partial charge in [-0.25, -0.2) is 13.9 Å². The van der Waals surface area contributed by atoms with Crippen LogP contribution in [0.15, 0.2) is 53.7 Å². The van der Waals surface area contributed by atoms with Gasteiger partial charge in [0.15, 0.2) is 9.84 Å². The fourth-order valence-corrected chi connectivity index (χ4v) is 6.04.